The van der Waals surface area contributed by atoms with Gasteiger partial charge in [-0.25, -0.2) is 0 Å². The second-order valence-corrected chi connectivity index (χ2v) is 7.35. The molecule has 8 nitrogen and oxygen atoms in total. The van der Waals surface area contributed by atoms with Gasteiger partial charge in [-0.15, -0.1) is 10.2 Å². The van der Waals surface area contributed by atoms with E-state index in [4.69, 9.17) is 20.8 Å². The Kier molecular flexibility index (Phi) is 5.68. The minimum atomic E-state index is -0.237. The van der Waals surface area contributed by atoms with Gasteiger partial charge in [0.2, 0.25) is 11.8 Å². The minimum absolute atomic E-state index is 0.0306. The zero-order chi connectivity index (χ0) is 20.2. The van der Waals surface area contributed by atoms with Crippen molar-refractivity contribution >= 4 is 46.6 Å². The molecule has 1 aromatic heterocycles. The summed E-state index contributed by atoms with van der Waals surface area (Å²) >= 11 is 7.13. The maximum Gasteiger partial charge on any atom is 0.277 e. The first-order chi connectivity index (χ1) is 14.1. The molecular formula is C19H15ClN4O4S. The molecule has 1 aliphatic rings. The van der Waals surface area contributed by atoms with Crippen LogP contribution in [0.5, 0.6) is 5.75 Å². The SMILES string of the molecule is O=C1CN(C(=O)CSc2nnc(COc3ccccc3Cl)o2)c2ccccc2N1. The van der Waals surface area contributed by atoms with E-state index in [1.807, 2.05) is 6.07 Å². The Balaban J connectivity index is 1.35. The Hall–Kier alpha value is -3.04. The van der Waals surface area contributed by atoms with Crippen molar-refractivity contribution in [3.05, 3.63) is 59.4 Å². The van der Waals surface area contributed by atoms with Crippen LogP contribution < -0.4 is 15.0 Å². The highest BCUT2D eigenvalue weighted by molar-refractivity contribution is 7.99. The summed E-state index contributed by atoms with van der Waals surface area (Å²) in [6.45, 7) is 0.0298. The molecule has 29 heavy (non-hydrogen) atoms. The molecule has 0 spiro atoms. The number of aromatic nitrogens is 2. The summed E-state index contributed by atoms with van der Waals surface area (Å²) in [5.41, 5.74) is 1.27. The standard InChI is InChI=1S/C19H15ClN4O4S/c20-12-5-1-4-8-15(12)27-10-17-22-23-19(28-17)29-11-18(26)24-9-16(25)21-13-6-2-3-7-14(13)24/h1-8H,9-11H2,(H,21,25). The molecule has 148 valence electrons. The number of amides is 2. The van der Waals surface area contributed by atoms with Crippen molar-refractivity contribution in [2.24, 2.45) is 0 Å². The lowest BCUT2D eigenvalue weighted by atomic mass is 10.2. The molecule has 1 N–H and O–H groups in total. The third-order valence-corrected chi connectivity index (χ3v) is 5.14. The van der Waals surface area contributed by atoms with Gasteiger partial charge in [0.15, 0.2) is 6.61 Å². The average molecular weight is 431 g/mol. The summed E-state index contributed by atoms with van der Waals surface area (Å²) in [6, 6.07) is 14.2. The van der Waals surface area contributed by atoms with Crippen LogP contribution in [0.15, 0.2) is 58.2 Å². The molecule has 4 rings (SSSR count). The van der Waals surface area contributed by atoms with Crippen molar-refractivity contribution in [1.29, 1.82) is 0 Å². The Morgan fingerprint density at radius 3 is 2.86 bits per heavy atom. The fourth-order valence-electron chi connectivity index (χ4n) is 2.71. The first-order valence-corrected chi connectivity index (χ1v) is 9.98. The first-order valence-electron chi connectivity index (χ1n) is 8.62. The van der Waals surface area contributed by atoms with Crippen LogP contribution in [0.2, 0.25) is 5.02 Å². The predicted octanol–water partition coefficient (Wildman–Crippen LogP) is 3.38. The molecule has 0 atom stereocenters. The van der Waals surface area contributed by atoms with Crippen LogP contribution in [0.4, 0.5) is 11.4 Å². The molecule has 0 aliphatic carbocycles. The highest BCUT2D eigenvalue weighted by atomic mass is 35.5. The summed E-state index contributed by atoms with van der Waals surface area (Å²) < 4.78 is 11.0. The van der Waals surface area contributed by atoms with E-state index in [2.05, 4.69) is 15.5 Å². The average Bonchev–Trinajstić information content (AvgIpc) is 3.18. The van der Waals surface area contributed by atoms with E-state index >= 15 is 0 Å². The molecule has 10 heteroatoms. The van der Waals surface area contributed by atoms with E-state index in [9.17, 15) is 9.59 Å². The third-order valence-electron chi connectivity index (χ3n) is 4.03. The number of anilines is 2. The van der Waals surface area contributed by atoms with E-state index in [0.717, 1.165) is 11.8 Å². The van der Waals surface area contributed by atoms with E-state index in [1.54, 1.807) is 42.5 Å². The van der Waals surface area contributed by atoms with E-state index in [-0.39, 0.29) is 41.8 Å². The number of carbonyl (C=O) groups excluding carboxylic acids is 2. The molecule has 0 fully saturated rings. The number of rotatable bonds is 6. The van der Waals surface area contributed by atoms with Gasteiger partial charge in [-0.1, -0.05) is 47.6 Å². The van der Waals surface area contributed by atoms with Crippen LogP contribution in [0.25, 0.3) is 0 Å². The second kappa shape index (κ2) is 8.54. The molecule has 2 amide bonds. The first kappa shape index (κ1) is 19.3. The topological polar surface area (TPSA) is 97.6 Å². The van der Waals surface area contributed by atoms with Gasteiger partial charge in [0.05, 0.1) is 22.2 Å². The molecule has 1 aliphatic heterocycles. The van der Waals surface area contributed by atoms with Crippen molar-refractivity contribution in [2.75, 3.05) is 22.5 Å². The number of nitrogens with one attached hydrogen (secondary N) is 1. The largest absolute Gasteiger partial charge is 0.482 e. The van der Waals surface area contributed by atoms with Crippen molar-refractivity contribution in [2.45, 2.75) is 11.8 Å². The Morgan fingerprint density at radius 2 is 2.00 bits per heavy atom. The Morgan fingerprint density at radius 1 is 1.21 bits per heavy atom. The second-order valence-electron chi connectivity index (χ2n) is 6.01. The predicted molar refractivity (Wildman–Crippen MR) is 108 cm³/mol. The summed E-state index contributed by atoms with van der Waals surface area (Å²) in [5.74, 6) is 0.360. The summed E-state index contributed by atoms with van der Waals surface area (Å²) in [6.07, 6.45) is 0. The molecule has 0 radical (unpaired) electrons. The van der Waals surface area contributed by atoms with Gasteiger partial charge in [0.25, 0.3) is 11.1 Å². The van der Waals surface area contributed by atoms with Gasteiger partial charge in [-0.3, -0.25) is 9.59 Å². The normalized spacial score (nSPS) is 13.0. The maximum absolute atomic E-state index is 12.6. The Bertz CT molecular complexity index is 1060. The van der Waals surface area contributed by atoms with Crippen LogP contribution in [-0.2, 0) is 16.2 Å². The fraction of sp³-hybridized carbons (Fsp3) is 0.158. The van der Waals surface area contributed by atoms with Gasteiger partial charge < -0.3 is 19.4 Å². The number of nitrogens with zero attached hydrogens (tertiary/aromatic N) is 3. The summed E-state index contributed by atoms with van der Waals surface area (Å²) in [7, 11) is 0. The number of fused-ring (bicyclic) bond motifs is 1. The van der Waals surface area contributed by atoms with Crippen molar-refractivity contribution in [3.8, 4) is 5.75 Å². The zero-order valence-electron chi connectivity index (χ0n) is 15.0. The minimum Gasteiger partial charge on any atom is -0.482 e. The van der Waals surface area contributed by atoms with Gasteiger partial charge in [-0.05, 0) is 24.3 Å². The molecule has 0 saturated carbocycles. The molecule has 2 aromatic carbocycles. The van der Waals surface area contributed by atoms with Crippen LogP contribution in [0, 0.1) is 0 Å². The van der Waals surface area contributed by atoms with E-state index in [0.29, 0.717) is 22.1 Å². The molecule has 0 saturated heterocycles. The quantitative estimate of drug-likeness (QED) is 0.598. The number of carbonyl (C=O) groups is 2. The number of hydrogen-bond acceptors (Lipinski definition) is 7. The fourth-order valence-corrected chi connectivity index (χ4v) is 3.56. The maximum atomic E-state index is 12.6. The van der Waals surface area contributed by atoms with Crippen LogP contribution in [0.1, 0.15) is 5.89 Å². The lowest BCUT2D eigenvalue weighted by molar-refractivity contribution is -0.120. The smallest absolute Gasteiger partial charge is 0.277 e. The molecule has 0 unspecified atom stereocenters. The molecule has 3 aromatic rings. The highest BCUT2D eigenvalue weighted by Crippen LogP contribution is 2.30. The van der Waals surface area contributed by atoms with E-state index < -0.39 is 0 Å². The lowest BCUT2D eigenvalue weighted by Gasteiger charge is -2.28. The van der Waals surface area contributed by atoms with Crippen LogP contribution in [-0.4, -0.2) is 34.3 Å². The van der Waals surface area contributed by atoms with Gasteiger partial charge in [-0.2, -0.15) is 0 Å². The van der Waals surface area contributed by atoms with Crippen molar-refractivity contribution in [3.63, 3.8) is 0 Å². The molecule has 0 bridgehead atoms. The number of para-hydroxylation sites is 3. The summed E-state index contributed by atoms with van der Waals surface area (Å²) in [4.78, 5) is 25.9. The van der Waals surface area contributed by atoms with Gasteiger partial charge >= 0.3 is 0 Å². The summed E-state index contributed by atoms with van der Waals surface area (Å²) in [5, 5.41) is 11.3. The third kappa shape index (κ3) is 4.52. The number of hydrogen-bond donors (Lipinski definition) is 1. The van der Waals surface area contributed by atoms with E-state index in [1.165, 1.54) is 4.90 Å². The molecule has 2 heterocycles. The van der Waals surface area contributed by atoms with Crippen molar-refractivity contribution in [1.82, 2.24) is 10.2 Å². The van der Waals surface area contributed by atoms with Crippen molar-refractivity contribution < 1.29 is 18.7 Å². The number of benzene rings is 2. The van der Waals surface area contributed by atoms with Crippen LogP contribution >= 0.6 is 23.4 Å². The van der Waals surface area contributed by atoms with Crippen LogP contribution in [0.3, 0.4) is 0 Å². The zero-order valence-corrected chi connectivity index (χ0v) is 16.6. The van der Waals surface area contributed by atoms with Gasteiger partial charge in [0, 0.05) is 0 Å². The Labute approximate surface area is 175 Å². The number of ether oxygens (including phenoxy) is 1. The molecular weight excluding hydrogens is 416 g/mol. The number of halogens is 1. The lowest BCUT2D eigenvalue weighted by Crippen LogP contribution is -2.43. The monoisotopic (exact) mass is 430 g/mol. The van der Waals surface area contributed by atoms with Gasteiger partial charge in [0.1, 0.15) is 12.3 Å². The highest BCUT2D eigenvalue weighted by Gasteiger charge is 2.26. The number of thioether (sulfide) groups is 1.